The predicted molar refractivity (Wildman–Crippen MR) is 154 cm³/mol. The van der Waals surface area contributed by atoms with Crippen molar-refractivity contribution in [2.24, 2.45) is 0 Å². The van der Waals surface area contributed by atoms with Gasteiger partial charge in [0.25, 0.3) is 0 Å². The molecule has 0 spiro atoms. The van der Waals surface area contributed by atoms with Crippen LogP contribution in [0.5, 0.6) is 0 Å². The fraction of sp³-hybridized carbons (Fsp3) is 0.452. The highest BCUT2D eigenvalue weighted by molar-refractivity contribution is 5.69. The first-order valence-electron chi connectivity index (χ1n) is 13.7. The normalized spacial score (nSPS) is 18.4. The van der Waals surface area contributed by atoms with E-state index in [1.165, 1.54) is 4.57 Å². The van der Waals surface area contributed by atoms with Gasteiger partial charge in [-0.2, -0.15) is 4.98 Å². The molecule has 0 radical (unpaired) electrons. The summed E-state index contributed by atoms with van der Waals surface area (Å²) >= 11 is 0. The van der Waals surface area contributed by atoms with Crippen molar-refractivity contribution in [2.75, 3.05) is 12.3 Å². The third kappa shape index (κ3) is 13.7. The van der Waals surface area contributed by atoms with Gasteiger partial charge >= 0.3 is 11.7 Å². The third-order valence-corrected chi connectivity index (χ3v) is 5.79. The molecule has 2 atom stereocenters. The highest BCUT2D eigenvalue weighted by atomic mass is 16.6. The van der Waals surface area contributed by atoms with Gasteiger partial charge in [-0.3, -0.25) is 9.36 Å². The van der Waals surface area contributed by atoms with Crippen molar-refractivity contribution in [1.82, 2.24) is 9.55 Å². The molecule has 0 saturated carbocycles. The standard InChI is InChI=1S/C31H43N3O4/c1-2-3-4-5-6-7-8-9-10-11-12-13-14-15-16-17-18-19-20-21-30(35)37-26-27-22-23-29(38-27)34-25-24-28(32)33-31(34)36/h3-4,6-7,9-10,12-13,15-16,18-19,24-25,27,29H,2,5,8,11,14,17,20-23,26H2,1H3,(H2,32,33,36)/b4-3-,7-6-,10-9-,13-12-,16-15-,19-18-/t27-,29-/m0/s1. The first kappa shape index (κ1) is 30.8. The van der Waals surface area contributed by atoms with Crippen molar-refractivity contribution in [3.8, 4) is 0 Å². The van der Waals surface area contributed by atoms with Gasteiger partial charge in [0, 0.05) is 12.6 Å². The van der Waals surface area contributed by atoms with Crippen LogP contribution in [0.15, 0.2) is 90.0 Å². The number of aromatic nitrogens is 2. The van der Waals surface area contributed by atoms with E-state index in [0.29, 0.717) is 25.7 Å². The summed E-state index contributed by atoms with van der Waals surface area (Å²) in [6.45, 7) is 2.34. The van der Waals surface area contributed by atoms with Crippen LogP contribution in [0, 0.1) is 0 Å². The Hall–Kier alpha value is -3.45. The molecule has 206 valence electrons. The summed E-state index contributed by atoms with van der Waals surface area (Å²) < 4.78 is 12.6. The summed E-state index contributed by atoms with van der Waals surface area (Å²) in [5.74, 6) is -0.0652. The Labute approximate surface area is 227 Å². The quantitative estimate of drug-likeness (QED) is 0.185. The van der Waals surface area contributed by atoms with Gasteiger partial charge < -0.3 is 15.2 Å². The Morgan fingerprint density at radius 3 is 2.05 bits per heavy atom. The van der Waals surface area contributed by atoms with E-state index in [1.807, 2.05) is 6.08 Å². The van der Waals surface area contributed by atoms with Gasteiger partial charge in [-0.15, -0.1) is 0 Å². The molecule has 1 aromatic rings. The first-order chi connectivity index (χ1) is 18.6. The average Bonchev–Trinajstić information content (AvgIpc) is 3.37. The highest BCUT2D eigenvalue weighted by Gasteiger charge is 2.28. The number of ether oxygens (including phenoxy) is 2. The number of hydrogen-bond acceptors (Lipinski definition) is 6. The van der Waals surface area contributed by atoms with Gasteiger partial charge in [0.15, 0.2) is 0 Å². The SMILES string of the molecule is CC/C=C\C/C=C\C/C=C\C/C=C\C/C=C\C/C=C\CCC(=O)OC[C@@H]1CC[C@@H](n2ccc(N)nc2=O)O1. The van der Waals surface area contributed by atoms with Crippen molar-refractivity contribution in [3.05, 3.63) is 95.7 Å². The van der Waals surface area contributed by atoms with Crippen LogP contribution in [0.3, 0.4) is 0 Å². The molecule has 7 nitrogen and oxygen atoms in total. The molecule has 2 N–H and O–H groups in total. The van der Waals surface area contributed by atoms with E-state index >= 15 is 0 Å². The second-order valence-electron chi connectivity index (χ2n) is 8.97. The minimum atomic E-state index is -0.441. The van der Waals surface area contributed by atoms with Gasteiger partial charge in [-0.25, -0.2) is 4.79 Å². The number of nitrogens with two attached hydrogens (primary N) is 1. The summed E-state index contributed by atoms with van der Waals surface area (Å²) in [4.78, 5) is 27.7. The molecular weight excluding hydrogens is 478 g/mol. The molecule has 0 amide bonds. The minimum absolute atomic E-state index is 0.182. The lowest BCUT2D eigenvalue weighted by molar-refractivity contribution is -0.148. The fourth-order valence-electron chi connectivity index (χ4n) is 3.76. The lowest BCUT2D eigenvalue weighted by atomic mass is 10.2. The second-order valence-corrected chi connectivity index (χ2v) is 8.97. The van der Waals surface area contributed by atoms with Gasteiger partial charge in [-0.1, -0.05) is 79.8 Å². The maximum atomic E-state index is 12.0. The third-order valence-electron chi connectivity index (χ3n) is 5.79. The van der Waals surface area contributed by atoms with E-state index < -0.39 is 11.9 Å². The largest absolute Gasteiger partial charge is 0.463 e. The Bertz CT molecular complexity index is 1050. The van der Waals surface area contributed by atoms with E-state index in [9.17, 15) is 9.59 Å². The molecular formula is C31H43N3O4. The molecule has 1 fully saturated rings. The molecule has 1 saturated heterocycles. The maximum absolute atomic E-state index is 12.0. The zero-order valence-electron chi connectivity index (χ0n) is 22.6. The van der Waals surface area contributed by atoms with Crippen molar-refractivity contribution < 1.29 is 14.3 Å². The zero-order valence-corrected chi connectivity index (χ0v) is 22.6. The summed E-state index contributed by atoms with van der Waals surface area (Å²) in [6, 6.07) is 1.56. The lowest BCUT2D eigenvalue weighted by Crippen LogP contribution is -2.28. The van der Waals surface area contributed by atoms with E-state index in [1.54, 1.807) is 12.3 Å². The minimum Gasteiger partial charge on any atom is -0.463 e. The van der Waals surface area contributed by atoms with Crippen LogP contribution in [0.4, 0.5) is 5.82 Å². The van der Waals surface area contributed by atoms with Crippen LogP contribution < -0.4 is 11.4 Å². The number of rotatable bonds is 17. The van der Waals surface area contributed by atoms with Crippen LogP contribution in [-0.4, -0.2) is 28.2 Å². The molecule has 0 aliphatic carbocycles. The number of carbonyl (C=O) groups excluding carboxylic acids is 1. The number of allylic oxidation sites excluding steroid dienone is 12. The van der Waals surface area contributed by atoms with Crippen molar-refractivity contribution in [3.63, 3.8) is 0 Å². The fourth-order valence-corrected chi connectivity index (χ4v) is 3.76. The molecule has 0 bridgehead atoms. The van der Waals surface area contributed by atoms with Crippen LogP contribution in [0.1, 0.15) is 77.4 Å². The summed E-state index contributed by atoms with van der Waals surface area (Å²) in [6.07, 6.45) is 35.0. The first-order valence-corrected chi connectivity index (χ1v) is 13.7. The number of carbonyl (C=O) groups is 1. The molecule has 2 heterocycles. The predicted octanol–water partition coefficient (Wildman–Crippen LogP) is 6.52. The lowest BCUT2D eigenvalue weighted by Gasteiger charge is -2.15. The van der Waals surface area contributed by atoms with Crippen molar-refractivity contribution in [2.45, 2.75) is 83.5 Å². The molecule has 7 heteroatoms. The van der Waals surface area contributed by atoms with E-state index in [-0.39, 0.29) is 24.5 Å². The second kappa shape index (κ2) is 19.6. The van der Waals surface area contributed by atoms with Gasteiger partial charge in [0.2, 0.25) is 0 Å². The molecule has 2 rings (SSSR count). The number of esters is 1. The van der Waals surface area contributed by atoms with E-state index in [4.69, 9.17) is 15.2 Å². The summed E-state index contributed by atoms with van der Waals surface area (Å²) in [7, 11) is 0. The average molecular weight is 522 g/mol. The van der Waals surface area contributed by atoms with Gasteiger partial charge in [-0.05, 0) is 63.9 Å². The number of hydrogen-bond donors (Lipinski definition) is 1. The summed E-state index contributed by atoms with van der Waals surface area (Å²) in [5, 5.41) is 0. The topological polar surface area (TPSA) is 96.4 Å². The molecule has 1 aliphatic heterocycles. The zero-order chi connectivity index (χ0) is 27.3. The molecule has 1 aliphatic rings. The van der Waals surface area contributed by atoms with Crippen LogP contribution in [0.2, 0.25) is 0 Å². The molecule has 1 aromatic heterocycles. The summed E-state index contributed by atoms with van der Waals surface area (Å²) in [5.41, 5.74) is 5.08. The molecule has 0 aromatic carbocycles. The highest BCUT2D eigenvalue weighted by Crippen LogP contribution is 2.27. The Morgan fingerprint density at radius 1 is 0.947 bits per heavy atom. The smallest absolute Gasteiger partial charge is 0.351 e. The van der Waals surface area contributed by atoms with Crippen LogP contribution in [0.25, 0.3) is 0 Å². The Morgan fingerprint density at radius 2 is 1.50 bits per heavy atom. The number of nitrogen functional groups attached to an aromatic ring is 1. The van der Waals surface area contributed by atoms with Gasteiger partial charge in [0.1, 0.15) is 18.7 Å². The van der Waals surface area contributed by atoms with E-state index in [0.717, 1.165) is 38.5 Å². The Kier molecular flexibility index (Phi) is 15.9. The molecule has 38 heavy (non-hydrogen) atoms. The molecule has 0 unspecified atom stereocenters. The van der Waals surface area contributed by atoms with Crippen molar-refractivity contribution in [1.29, 1.82) is 0 Å². The monoisotopic (exact) mass is 521 g/mol. The number of anilines is 1. The van der Waals surface area contributed by atoms with Gasteiger partial charge in [0.05, 0.1) is 6.10 Å². The maximum Gasteiger partial charge on any atom is 0.351 e. The van der Waals surface area contributed by atoms with Crippen LogP contribution in [-0.2, 0) is 14.3 Å². The number of nitrogens with zero attached hydrogens (tertiary/aromatic N) is 2. The van der Waals surface area contributed by atoms with Crippen molar-refractivity contribution >= 4 is 11.8 Å². The van der Waals surface area contributed by atoms with E-state index in [2.05, 4.69) is 78.7 Å². The Balaban J connectivity index is 1.46. The van der Waals surface area contributed by atoms with Crippen LogP contribution >= 0.6 is 0 Å².